The molecule has 0 amide bonds. The number of hydrogen-bond donors (Lipinski definition) is 1. The molecule has 70 valence electrons. The molecule has 4 nitrogen and oxygen atoms in total. The molecular formula is C7H12O4S. The Kier molecular flexibility index (Phi) is 5.53. The molecular weight excluding hydrogens is 180 g/mol. The second-order valence-electron chi connectivity index (χ2n) is 2.18. The third kappa shape index (κ3) is 5.01. The molecule has 0 heterocycles. The topological polar surface area (TPSA) is 63.6 Å². The van der Waals surface area contributed by atoms with Crippen LogP contribution in [0, 0.1) is 0 Å². The van der Waals surface area contributed by atoms with Crippen molar-refractivity contribution in [1.82, 2.24) is 0 Å². The summed E-state index contributed by atoms with van der Waals surface area (Å²) >= 11 is 1.28. The Balaban J connectivity index is 3.50. The van der Waals surface area contributed by atoms with Crippen LogP contribution in [0.2, 0.25) is 0 Å². The standard InChI is InChI=1S/C7H12O4S/c1-5(7(10)11-2)12-4-3-6(8)9/h5H,3-4H2,1-2H3,(H,8,9). The monoisotopic (exact) mass is 192 g/mol. The van der Waals surface area contributed by atoms with Crippen molar-refractivity contribution in [2.24, 2.45) is 0 Å². The van der Waals surface area contributed by atoms with E-state index in [1.807, 2.05) is 0 Å². The van der Waals surface area contributed by atoms with Gasteiger partial charge < -0.3 is 9.84 Å². The van der Waals surface area contributed by atoms with Gasteiger partial charge in [0.1, 0.15) is 0 Å². The number of carboxylic acids is 1. The number of esters is 1. The van der Waals surface area contributed by atoms with E-state index in [1.54, 1.807) is 6.92 Å². The van der Waals surface area contributed by atoms with E-state index in [0.717, 1.165) is 0 Å². The first-order valence-corrected chi connectivity index (χ1v) is 4.54. The summed E-state index contributed by atoms with van der Waals surface area (Å²) < 4.78 is 4.46. The van der Waals surface area contributed by atoms with Crippen LogP contribution in [-0.4, -0.2) is 35.2 Å². The first-order valence-electron chi connectivity index (χ1n) is 3.49. The van der Waals surface area contributed by atoms with Gasteiger partial charge in [0.15, 0.2) is 0 Å². The number of methoxy groups -OCH3 is 1. The van der Waals surface area contributed by atoms with Crippen LogP contribution < -0.4 is 0 Å². The zero-order chi connectivity index (χ0) is 9.56. The summed E-state index contributed by atoms with van der Waals surface area (Å²) in [7, 11) is 1.32. The minimum atomic E-state index is -0.848. The summed E-state index contributed by atoms with van der Waals surface area (Å²) in [6, 6.07) is 0. The van der Waals surface area contributed by atoms with Gasteiger partial charge in [0.25, 0.3) is 0 Å². The van der Waals surface area contributed by atoms with Crippen LogP contribution in [-0.2, 0) is 14.3 Å². The normalized spacial score (nSPS) is 12.2. The first kappa shape index (κ1) is 11.3. The number of carbonyl (C=O) groups excluding carboxylic acids is 1. The highest BCUT2D eigenvalue weighted by Crippen LogP contribution is 2.12. The number of carboxylic acid groups (broad SMARTS) is 1. The van der Waals surface area contributed by atoms with Gasteiger partial charge in [-0.15, -0.1) is 11.8 Å². The highest BCUT2D eigenvalue weighted by Gasteiger charge is 2.13. The molecule has 0 aromatic rings. The van der Waals surface area contributed by atoms with E-state index in [9.17, 15) is 9.59 Å². The summed E-state index contributed by atoms with van der Waals surface area (Å²) in [5, 5.41) is 8.01. The Morgan fingerprint density at radius 1 is 1.58 bits per heavy atom. The Labute approximate surface area is 75.3 Å². The highest BCUT2D eigenvalue weighted by molar-refractivity contribution is 8.00. The largest absolute Gasteiger partial charge is 0.481 e. The summed E-state index contributed by atoms with van der Waals surface area (Å²) in [5.41, 5.74) is 0. The molecule has 0 aromatic carbocycles. The van der Waals surface area contributed by atoms with Crippen molar-refractivity contribution < 1.29 is 19.4 Å². The molecule has 1 atom stereocenters. The van der Waals surface area contributed by atoms with Crippen LogP contribution in [0.3, 0.4) is 0 Å². The number of ether oxygens (including phenoxy) is 1. The third-order valence-electron chi connectivity index (χ3n) is 1.22. The van der Waals surface area contributed by atoms with Crippen LogP contribution in [0.5, 0.6) is 0 Å². The molecule has 12 heavy (non-hydrogen) atoms. The fraction of sp³-hybridized carbons (Fsp3) is 0.714. The van der Waals surface area contributed by atoms with Gasteiger partial charge in [0.05, 0.1) is 18.8 Å². The van der Waals surface area contributed by atoms with E-state index in [0.29, 0.717) is 5.75 Å². The lowest BCUT2D eigenvalue weighted by atomic mass is 10.5. The molecule has 0 saturated heterocycles. The van der Waals surface area contributed by atoms with E-state index < -0.39 is 5.97 Å². The van der Waals surface area contributed by atoms with E-state index >= 15 is 0 Å². The fourth-order valence-corrected chi connectivity index (χ4v) is 1.44. The molecule has 0 aromatic heterocycles. The Hall–Kier alpha value is -0.710. The number of hydrogen-bond acceptors (Lipinski definition) is 4. The van der Waals surface area contributed by atoms with Gasteiger partial charge in [-0.2, -0.15) is 0 Å². The molecule has 0 aliphatic rings. The van der Waals surface area contributed by atoms with Gasteiger partial charge in [0.2, 0.25) is 0 Å². The fourth-order valence-electron chi connectivity index (χ4n) is 0.557. The average molecular weight is 192 g/mol. The number of aliphatic carboxylic acids is 1. The molecule has 0 bridgehead atoms. The minimum Gasteiger partial charge on any atom is -0.481 e. The molecule has 0 aliphatic heterocycles. The van der Waals surface area contributed by atoms with E-state index in [1.165, 1.54) is 18.9 Å². The van der Waals surface area contributed by atoms with Gasteiger partial charge in [0, 0.05) is 5.75 Å². The smallest absolute Gasteiger partial charge is 0.318 e. The summed E-state index contributed by atoms with van der Waals surface area (Å²) in [6.45, 7) is 1.69. The SMILES string of the molecule is COC(=O)C(C)SCCC(=O)O. The van der Waals surface area contributed by atoms with Crippen molar-refractivity contribution >= 4 is 23.7 Å². The molecule has 0 rings (SSSR count). The van der Waals surface area contributed by atoms with Crippen molar-refractivity contribution in [1.29, 1.82) is 0 Å². The van der Waals surface area contributed by atoms with E-state index in [-0.39, 0.29) is 17.6 Å². The van der Waals surface area contributed by atoms with Crippen LogP contribution >= 0.6 is 11.8 Å². The zero-order valence-corrected chi connectivity index (χ0v) is 7.89. The van der Waals surface area contributed by atoms with Crippen molar-refractivity contribution in [2.75, 3.05) is 12.9 Å². The predicted octanol–water partition coefficient (Wildman–Crippen LogP) is 0.756. The van der Waals surface area contributed by atoms with E-state index in [4.69, 9.17) is 5.11 Å². The summed E-state index contributed by atoms with van der Waals surface area (Å²) in [5.74, 6) is -0.726. The van der Waals surface area contributed by atoms with Crippen LogP contribution in [0.25, 0.3) is 0 Å². The molecule has 0 saturated carbocycles. The van der Waals surface area contributed by atoms with Crippen molar-refractivity contribution in [3.05, 3.63) is 0 Å². The van der Waals surface area contributed by atoms with Crippen molar-refractivity contribution in [2.45, 2.75) is 18.6 Å². The average Bonchev–Trinajstić information content (AvgIpc) is 2.02. The molecule has 1 unspecified atom stereocenters. The molecule has 0 radical (unpaired) electrons. The number of rotatable bonds is 5. The first-order chi connectivity index (χ1) is 5.57. The van der Waals surface area contributed by atoms with Gasteiger partial charge in [-0.25, -0.2) is 0 Å². The quantitative estimate of drug-likeness (QED) is 0.651. The maximum absolute atomic E-state index is 10.8. The highest BCUT2D eigenvalue weighted by atomic mass is 32.2. The Morgan fingerprint density at radius 2 is 2.17 bits per heavy atom. The summed E-state index contributed by atoms with van der Waals surface area (Å²) in [4.78, 5) is 20.9. The van der Waals surface area contributed by atoms with Gasteiger partial charge >= 0.3 is 11.9 Å². The maximum Gasteiger partial charge on any atom is 0.318 e. The Bertz CT molecular complexity index is 169. The predicted molar refractivity (Wildman–Crippen MR) is 46.2 cm³/mol. The number of carbonyl (C=O) groups is 2. The lowest BCUT2D eigenvalue weighted by Crippen LogP contribution is -2.15. The molecule has 1 N–H and O–H groups in total. The second kappa shape index (κ2) is 5.88. The summed E-state index contributed by atoms with van der Waals surface area (Å²) in [6.07, 6.45) is 0.0754. The maximum atomic E-state index is 10.8. The lowest BCUT2D eigenvalue weighted by molar-refractivity contribution is -0.140. The molecule has 0 fully saturated rings. The lowest BCUT2D eigenvalue weighted by Gasteiger charge is -2.06. The van der Waals surface area contributed by atoms with Crippen LogP contribution in [0.4, 0.5) is 0 Å². The molecule has 0 aliphatic carbocycles. The van der Waals surface area contributed by atoms with Crippen LogP contribution in [0.1, 0.15) is 13.3 Å². The Morgan fingerprint density at radius 3 is 2.58 bits per heavy atom. The van der Waals surface area contributed by atoms with Crippen molar-refractivity contribution in [3.63, 3.8) is 0 Å². The third-order valence-corrected chi connectivity index (χ3v) is 2.35. The zero-order valence-electron chi connectivity index (χ0n) is 7.07. The van der Waals surface area contributed by atoms with Gasteiger partial charge in [-0.05, 0) is 6.92 Å². The van der Waals surface area contributed by atoms with Crippen LogP contribution in [0.15, 0.2) is 0 Å². The number of thioether (sulfide) groups is 1. The minimum absolute atomic E-state index is 0.0754. The molecule has 0 spiro atoms. The second-order valence-corrected chi connectivity index (χ2v) is 3.63. The van der Waals surface area contributed by atoms with Gasteiger partial charge in [-0.3, -0.25) is 9.59 Å². The van der Waals surface area contributed by atoms with Crippen molar-refractivity contribution in [3.8, 4) is 0 Å². The van der Waals surface area contributed by atoms with Gasteiger partial charge in [-0.1, -0.05) is 0 Å². The van der Waals surface area contributed by atoms with E-state index in [2.05, 4.69) is 4.74 Å². The molecule has 5 heteroatoms.